The van der Waals surface area contributed by atoms with Gasteiger partial charge in [-0.1, -0.05) is 0 Å². The number of carbonyl (C=O) groups is 2. The Labute approximate surface area is 122 Å². The van der Waals surface area contributed by atoms with Gasteiger partial charge in [0.2, 0.25) is 5.91 Å². The van der Waals surface area contributed by atoms with Gasteiger partial charge in [0.1, 0.15) is 23.7 Å². The molecule has 1 aliphatic heterocycles. The summed E-state index contributed by atoms with van der Waals surface area (Å²) in [6.45, 7) is 1.65. The summed E-state index contributed by atoms with van der Waals surface area (Å²) in [7, 11) is 1.41. The first-order valence-electron chi connectivity index (χ1n) is 7.00. The number of rotatable bonds is 3. The van der Waals surface area contributed by atoms with Crippen LogP contribution in [0.15, 0.2) is 18.2 Å². The number of nitrogens with zero attached hydrogens (tertiary/aromatic N) is 1. The highest BCUT2D eigenvalue weighted by Crippen LogP contribution is 2.38. The van der Waals surface area contributed by atoms with Crippen molar-refractivity contribution in [2.45, 2.75) is 31.8 Å². The molecule has 2 aliphatic rings. The second-order valence-electron chi connectivity index (χ2n) is 5.52. The molecule has 0 aromatic heterocycles. The molecule has 112 valence electrons. The molecule has 6 heteroatoms. The number of halogens is 1. The largest absolute Gasteiger partial charge is 0.494 e. The zero-order valence-electron chi connectivity index (χ0n) is 11.9. The van der Waals surface area contributed by atoms with Crippen LogP contribution in [-0.2, 0) is 9.59 Å². The van der Waals surface area contributed by atoms with Gasteiger partial charge in [-0.3, -0.25) is 14.5 Å². The summed E-state index contributed by atoms with van der Waals surface area (Å²) in [5, 5.41) is 2.78. The molecule has 21 heavy (non-hydrogen) atoms. The minimum absolute atomic E-state index is 0.158. The van der Waals surface area contributed by atoms with Crippen molar-refractivity contribution in [3.8, 4) is 5.75 Å². The maximum absolute atomic E-state index is 13.3. The zero-order valence-corrected chi connectivity index (χ0v) is 11.9. The minimum Gasteiger partial charge on any atom is -0.494 e. The molecule has 0 radical (unpaired) electrons. The van der Waals surface area contributed by atoms with Crippen molar-refractivity contribution in [2.24, 2.45) is 5.92 Å². The molecule has 1 saturated carbocycles. The molecular formula is C15H17FN2O3. The predicted molar refractivity (Wildman–Crippen MR) is 74.6 cm³/mol. The number of amides is 2. The Morgan fingerprint density at radius 3 is 2.67 bits per heavy atom. The molecule has 1 N–H and O–H groups in total. The smallest absolute Gasteiger partial charge is 0.250 e. The van der Waals surface area contributed by atoms with Crippen molar-refractivity contribution in [1.29, 1.82) is 0 Å². The number of piperazine rings is 1. The normalized spacial score (nSPS) is 25.8. The lowest BCUT2D eigenvalue weighted by Crippen LogP contribution is -2.63. The Morgan fingerprint density at radius 2 is 2.05 bits per heavy atom. The number of nitrogens with one attached hydrogen (secondary N) is 1. The van der Waals surface area contributed by atoms with Crippen LogP contribution in [0, 0.1) is 11.7 Å². The molecule has 2 amide bonds. The third kappa shape index (κ3) is 2.34. The quantitative estimate of drug-likeness (QED) is 0.917. The molecule has 2 fully saturated rings. The molecule has 1 aromatic carbocycles. The van der Waals surface area contributed by atoms with E-state index in [9.17, 15) is 14.0 Å². The van der Waals surface area contributed by atoms with Gasteiger partial charge in [0.15, 0.2) is 0 Å². The van der Waals surface area contributed by atoms with Gasteiger partial charge in [0.05, 0.1) is 12.8 Å². The van der Waals surface area contributed by atoms with Gasteiger partial charge in [-0.25, -0.2) is 4.39 Å². The average Bonchev–Trinajstić information content (AvgIpc) is 3.29. The third-order valence-corrected chi connectivity index (χ3v) is 4.06. The highest BCUT2D eigenvalue weighted by molar-refractivity contribution is 6.09. The summed E-state index contributed by atoms with van der Waals surface area (Å²) < 4.78 is 18.5. The van der Waals surface area contributed by atoms with Crippen molar-refractivity contribution < 1.29 is 18.7 Å². The van der Waals surface area contributed by atoms with Crippen molar-refractivity contribution >= 4 is 17.5 Å². The number of ether oxygens (including phenoxy) is 1. The van der Waals surface area contributed by atoms with Crippen molar-refractivity contribution in [3.05, 3.63) is 24.0 Å². The number of carbonyl (C=O) groups excluding carboxylic acids is 2. The summed E-state index contributed by atoms with van der Waals surface area (Å²) in [5.41, 5.74) is 0.428. The van der Waals surface area contributed by atoms with Crippen LogP contribution in [0.3, 0.4) is 0 Å². The summed E-state index contributed by atoms with van der Waals surface area (Å²) >= 11 is 0. The zero-order chi connectivity index (χ0) is 15.1. The van der Waals surface area contributed by atoms with Crippen LogP contribution in [0.4, 0.5) is 10.1 Å². The van der Waals surface area contributed by atoms with Gasteiger partial charge >= 0.3 is 0 Å². The third-order valence-electron chi connectivity index (χ3n) is 4.06. The van der Waals surface area contributed by atoms with Crippen molar-refractivity contribution in [1.82, 2.24) is 5.32 Å². The first-order valence-corrected chi connectivity index (χ1v) is 7.00. The fourth-order valence-corrected chi connectivity index (χ4v) is 2.72. The van der Waals surface area contributed by atoms with E-state index in [2.05, 4.69) is 5.32 Å². The molecule has 0 bridgehead atoms. The summed E-state index contributed by atoms with van der Waals surface area (Å²) in [6.07, 6.45) is 1.89. The molecule has 2 unspecified atom stereocenters. The lowest BCUT2D eigenvalue weighted by Gasteiger charge is -2.38. The van der Waals surface area contributed by atoms with Crippen LogP contribution in [0.5, 0.6) is 5.75 Å². The van der Waals surface area contributed by atoms with Gasteiger partial charge in [-0.2, -0.15) is 0 Å². The van der Waals surface area contributed by atoms with E-state index in [1.807, 2.05) is 0 Å². The molecule has 1 aliphatic carbocycles. The van der Waals surface area contributed by atoms with Crippen molar-refractivity contribution in [2.75, 3.05) is 12.0 Å². The molecule has 5 nitrogen and oxygen atoms in total. The number of anilines is 1. The van der Waals surface area contributed by atoms with E-state index < -0.39 is 17.9 Å². The second kappa shape index (κ2) is 5.02. The Morgan fingerprint density at radius 1 is 1.33 bits per heavy atom. The highest BCUT2D eigenvalue weighted by atomic mass is 19.1. The van der Waals surface area contributed by atoms with Gasteiger partial charge in [-0.15, -0.1) is 0 Å². The second-order valence-corrected chi connectivity index (χ2v) is 5.52. The van der Waals surface area contributed by atoms with Gasteiger partial charge in [0.25, 0.3) is 5.91 Å². The van der Waals surface area contributed by atoms with E-state index in [1.165, 1.54) is 30.2 Å². The van der Waals surface area contributed by atoms with E-state index in [-0.39, 0.29) is 23.5 Å². The number of methoxy groups -OCH3 is 1. The van der Waals surface area contributed by atoms with Crippen LogP contribution in [0.1, 0.15) is 19.8 Å². The number of hydrogen-bond donors (Lipinski definition) is 1. The molecule has 0 spiro atoms. The standard InChI is InChI=1S/C15H17FN2O3/c1-8-14(19)17-13(9-3-4-9)15(20)18(8)11-6-5-10(16)7-12(11)21-2/h5-9,13H,3-4H2,1-2H3,(H,17,19). The maximum Gasteiger partial charge on any atom is 0.250 e. The molecule has 1 heterocycles. The van der Waals surface area contributed by atoms with Gasteiger partial charge in [0, 0.05) is 6.07 Å². The summed E-state index contributed by atoms with van der Waals surface area (Å²) in [6, 6.07) is 2.82. The van der Waals surface area contributed by atoms with Crippen LogP contribution in [-0.4, -0.2) is 31.0 Å². The van der Waals surface area contributed by atoms with Crippen LogP contribution >= 0.6 is 0 Å². The molecule has 1 saturated heterocycles. The molecule has 1 aromatic rings. The monoisotopic (exact) mass is 292 g/mol. The Kier molecular flexibility index (Phi) is 3.31. The SMILES string of the molecule is COc1cc(F)ccc1N1C(=O)C(C2CC2)NC(=O)C1C. The topological polar surface area (TPSA) is 58.6 Å². The Balaban J connectivity index is 2.01. The summed E-state index contributed by atoms with van der Waals surface area (Å²) in [4.78, 5) is 26.2. The fraction of sp³-hybridized carbons (Fsp3) is 0.467. The van der Waals surface area contributed by atoms with Crippen LogP contribution in [0.2, 0.25) is 0 Å². The number of benzene rings is 1. The van der Waals surface area contributed by atoms with E-state index in [1.54, 1.807) is 6.92 Å². The first-order chi connectivity index (χ1) is 10.0. The molecule has 3 rings (SSSR count). The molecular weight excluding hydrogens is 275 g/mol. The predicted octanol–water partition coefficient (Wildman–Crippen LogP) is 1.46. The summed E-state index contributed by atoms with van der Waals surface area (Å²) in [5.74, 6) is -0.342. The van der Waals surface area contributed by atoms with E-state index in [0.29, 0.717) is 5.69 Å². The lowest BCUT2D eigenvalue weighted by molar-refractivity contribution is -0.134. The molecule has 2 atom stereocenters. The minimum atomic E-state index is -0.646. The Hall–Kier alpha value is -2.11. The van der Waals surface area contributed by atoms with Crippen molar-refractivity contribution in [3.63, 3.8) is 0 Å². The lowest BCUT2D eigenvalue weighted by atomic mass is 10.0. The van der Waals surface area contributed by atoms with E-state index in [0.717, 1.165) is 12.8 Å². The number of hydrogen-bond acceptors (Lipinski definition) is 3. The van der Waals surface area contributed by atoms with E-state index in [4.69, 9.17) is 4.74 Å². The average molecular weight is 292 g/mol. The van der Waals surface area contributed by atoms with Gasteiger partial charge < -0.3 is 10.1 Å². The van der Waals surface area contributed by atoms with Gasteiger partial charge in [-0.05, 0) is 37.8 Å². The van der Waals surface area contributed by atoms with Crippen LogP contribution < -0.4 is 15.0 Å². The highest BCUT2D eigenvalue weighted by Gasteiger charge is 2.46. The maximum atomic E-state index is 13.3. The Bertz CT molecular complexity index is 601. The van der Waals surface area contributed by atoms with E-state index >= 15 is 0 Å². The fourth-order valence-electron chi connectivity index (χ4n) is 2.72. The van der Waals surface area contributed by atoms with Crippen LogP contribution in [0.25, 0.3) is 0 Å². The first kappa shape index (κ1) is 13.9.